The normalized spacial score (nSPS) is 23.0. The number of methoxy groups -OCH3 is 3. The fourth-order valence-corrected chi connectivity index (χ4v) is 4.66. The summed E-state index contributed by atoms with van der Waals surface area (Å²) in [6.07, 6.45) is 0.795. The van der Waals surface area contributed by atoms with Gasteiger partial charge in [-0.1, -0.05) is 13.8 Å². The van der Waals surface area contributed by atoms with Crippen LogP contribution in [-0.4, -0.2) is 45.2 Å². The number of hydrogen-bond donors (Lipinski definition) is 1. The number of Topliss-reactive ketones (excluding diaryl/α,β-unsaturated/α-hetero) is 1. The van der Waals surface area contributed by atoms with Crippen LogP contribution in [0.25, 0.3) is 0 Å². The van der Waals surface area contributed by atoms with E-state index in [0.29, 0.717) is 52.4 Å². The molecule has 0 saturated carbocycles. The van der Waals surface area contributed by atoms with Crippen molar-refractivity contribution in [3.63, 3.8) is 0 Å². The second kappa shape index (κ2) is 10.3. The van der Waals surface area contributed by atoms with E-state index in [1.807, 2.05) is 20.8 Å². The molecule has 0 fully saturated rings. The minimum Gasteiger partial charge on any atom is -0.497 e. The number of dihydropyridines is 1. The van der Waals surface area contributed by atoms with E-state index in [4.69, 9.17) is 18.9 Å². The Balaban J connectivity index is 2.26. The summed E-state index contributed by atoms with van der Waals surface area (Å²) >= 11 is 0. The fourth-order valence-electron chi connectivity index (χ4n) is 4.66. The molecule has 0 amide bonds. The van der Waals surface area contributed by atoms with Crippen molar-refractivity contribution >= 4 is 17.7 Å². The first kappa shape index (κ1) is 25.3. The highest BCUT2D eigenvalue weighted by Gasteiger charge is 2.48. The molecule has 1 aromatic carbocycles. The van der Waals surface area contributed by atoms with Crippen molar-refractivity contribution < 1.29 is 33.3 Å². The predicted molar refractivity (Wildman–Crippen MR) is 125 cm³/mol. The lowest BCUT2D eigenvalue weighted by atomic mass is 9.69. The van der Waals surface area contributed by atoms with Crippen molar-refractivity contribution in [2.45, 2.75) is 52.6 Å². The first-order valence-electron chi connectivity index (χ1n) is 11.4. The summed E-state index contributed by atoms with van der Waals surface area (Å²) in [6, 6.07) is 5.23. The summed E-state index contributed by atoms with van der Waals surface area (Å²) in [6.45, 7) is 7.38. The van der Waals surface area contributed by atoms with Crippen LogP contribution < -0.4 is 14.8 Å². The van der Waals surface area contributed by atoms with Gasteiger partial charge in [-0.2, -0.15) is 0 Å². The maximum atomic E-state index is 13.8. The Labute approximate surface area is 200 Å². The minimum atomic E-state index is -0.963. The lowest BCUT2D eigenvalue weighted by Crippen LogP contribution is -2.43. The smallest absolute Gasteiger partial charge is 0.337 e. The van der Waals surface area contributed by atoms with E-state index in [-0.39, 0.29) is 17.8 Å². The molecule has 0 bridgehead atoms. The number of allylic oxidation sites excluding steroid dienone is 3. The Morgan fingerprint density at radius 3 is 2.47 bits per heavy atom. The van der Waals surface area contributed by atoms with E-state index in [9.17, 15) is 14.4 Å². The van der Waals surface area contributed by atoms with Crippen molar-refractivity contribution in [2.75, 3.05) is 21.3 Å². The average Bonchev–Trinajstić information content (AvgIpc) is 2.82. The van der Waals surface area contributed by atoms with Gasteiger partial charge in [-0.05, 0) is 50.8 Å². The van der Waals surface area contributed by atoms with E-state index < -0.39 is 23.8 Å². The van der Waals surface area contributed by atoms with Gasteiger partial charge in [-0.15, -0.1) is 0 Å². The van der Waals surface area contributed by atoms with E-state index in [0.717, 1.165) is 0 Å². The highest BCUT2D eigenvalue weighted by atomic mass is 16.5. The van der Waals surface area contributed by atoms with Crippen LogP contribution in [0.4, 0.5) is 0 Å². The zero-order valence-electron chi connectivity index (χ0n) is 20.8. The summed E-state index contributed by atoms with van der Waals surface area (Å²) in [7, 11) is 4.34. The van der Waals surface area contributed by atoms with Gasteiger partial charge < -0.3 is 24.3 Å². The van der Waals surface area contributed by atoms with Gasteiger partial charge in [0.2, 0.25) is 0 Å². The molecule has 1 aromatic rings. The number of benzene rings is 1. The predicted octanol–water partition coefficient (Wildman–Crippen LogP) is 3.66. The van der Waals surface area contributed by atoms with Gasteiger partial charge in [0.1, 0.15) is 17.4 Å². The van der Waals surface area contributed by atoms with Gasteiger partial charge in [0.25, 0.3) is 0 Å². The van der Waals surface area contributed by atoms with Crippen LogP contribution in [0.5, 0.6) is 11.5 Å². The number of rotatable bonds is 7. The van der Waals surface area contributed by atoms with Crippen LogP contribution in [0.15, 0.2) is 40.7 Å². The lowest BCUT2D eigenvalue weighted by Gasteiger charge is -2.38. The summed E-state index contributed by atoms with van der Waals surface area (Å²) in [4.78, 5) is 39.8. The molecule has 0 radical (unpaired) electrons. The largest absolute Gasteiger partial charge is 0.497 e. The molecular formula is C26H33NO7. The van der Waals surface area contributed by atoms with Crippen molar-refractivity contribution in [3.05, 3.63) is 46.3 Å². The molecule has 0 spiro atoms. The Morgan fingerprint density at radius 1 is 1.18 bits per heavy atom. The number of ketones is 1. The third-order valence-corrected chi connectivity index (χ3v) is 6.59. The van der Waals surface area contributed by atoms with Crippen molar-refractivity contribution in [3.8, 4) is 11.5 Å². The third kappa shape index (κ3) is 4.54. The van der Waals surface area contributed by atoms with E-state index in [1.54, 1.807) is 32.2 Å². The summed E-state index contributed by atoms with van der Waals surface area (Å²) in [5.74, 6) is -2.48. The Kier molecular flexibility index (Phi) is 7.69. The van der Waals surface area contributed by atoms with Gasteiger partial charge in [-0.3, -0.25) is 9.59 Å². The monoisotopic (exact) mass is 471 g/mol. The first-order chi connectivity index (χ1) is 16.2. The first-order valence-corrected chi connectivity index (χ1v) is 11.4. The second-order valence-corrected chi connectivity index (χ2v) is 8.77. The van der Waals surface area contributed by atoms with Gasteiger partial charge in [-0.25, -0.2) is 4.79 Å². The molecule has 0 aromatic heterocycles. The molecule has 0 unspecified atom stereocenters. The van der Waals surface area contributed by atoms with Gasteiger partial charge in [0.05, 0.1) is 38.9 Å². The molecule has 1 N–H and O–H groups in total. The quantitative estimate of drug-likeness (QED) is 0.475. The minimum absolute atomic E-state index is 0.263. The number of hydrogen-bond acceptors (Lipinski definition) is 8. The Bertz CT molecular complexity index is 1060. The van der Waals surface area contributed by atoms with E-state index in [2.05, 4.69) is 5.32 Å². The SMILES string of the molecule is CC[C@@H](C)OC(=O)C1=C(C)NC2=C(C(=O)[C@H](C(=O)OC)[C@@H](C)C2)[C@@H]1c1cc(OC)ccc1OC. The van der Waals surface area contributed by atoms with Crippen LogP contribution in [-0.2, 0) is 23.9 Å². The number of esters is 2. The van der Waals surface area contributed by atoms with Crippen molar-refractivity contribution in [1.29, 1.82) is 0 Å². The fraction of sp³-hybridized carbons (Fsp3) is 0.500. The third-order valence-electron chi connectivity index (χ3n) is 6.59. The van der Waals surface area contributed by atoms with Crippen molar-refractivity contribution in [1.82, 2.24) is 5.32 Å². The van der Waals surface area contributed by atoms with Crippen molar-refractivity contribution in [2.24, 2.45) is 11.8 Å². The Morgan fingerprint density at radius 2 is 1.88 bits per heavy atom. The molecule has 1 aliphatic heterocycles. The lowest BCUT2D eigenvalue weighted by molar-refractivity contribution is -0.151. The maximum Gasteiger partial charge on any atom is 0.337 e. The molecule has 4 atom stereocenters. The van der Waals surface area contributed by atoms with Crippen LogP contribution in [0.3, 0.4) is 0 Å². The molecule has 8 heteroatoms. The molecule has 3 rings (SSSR count). The number of carbonyl (C=O) groups excluding carboxylic acids is 3. The molecular weight excluding hydrogens is 438 g/mol. The van der Waals surface area contributed by atoms with Gasteiger partial charge in [0.15, 0.2) is 5.78 Å². The number of carbonyl (C=O) groups is 3. The van der Waals surface area contributed by atoms with E-state index in [1.165, 1.54) is 14.2 Å². The second-order valence-electron chi connectivity index (χ2n) is 8.77. The summed E-state index contributed by atoms with van der Waals surface area (Å²) in [5, 5.41) is 3.26. The molecule has 0 saturated heterocycles. The Hall–Kier alpha value is -3.29. The zero-order chi connectivity index (χ0) is 25.2. The standard InChI is InChI=1S/C26H33NO7/c1-8-14(3)34-26(30)21-15(4)27-18-11-13(2)20(25(29)33-7)24(28)23(18)22(21)17-12-16(31-5)9-10-19(17)32-6/h9-10,12-14,20,22,27H,8,11H2,1-7H3/t13-,14+,20+,22+/m0/s1. The van der Waals surface area contributed by atoms with Crippen LogP contribution >= 0.6 is 0 Å². The highest BCUT2D eigenvalue weighted by Crippen LogP contribution is 2.48. The average molecular weight is 472 g/mol. The van der Waals surface area contributed by atoms with Crippen LogP contribution in [0.2, 0.25) is 0 Å². The topological polar surface area (TPSA) is 100 Å². The summed E-state index contributed by atoms with van der Waals surface area (Å²) in [5.41, 5.74) is 2.51. The van der Waals surface area contributed by atoms with Gasteiger partial charge in [0, 0.05) is 22.5 Å². The molecule has 184 valence electrons. The molecule has 34 heavy (non-hydrogen) atoms. The molecule has 2 aliphatic rings. The maximum absolute atomic E-state index is 13.8. The molecule has 1 heterocycles. The molecule has 1 aliphatic carbocycles. The number of nitrogens with one attached hydrogen (secondary N) is 1. The highest BCUT2D eigenvalue weighted by molar-refractivity contribution is 6.12. The summed E-state index contributed by atoms with van der Waals surface area (Å²) < 4.78 is 21.7. The van der Waals surface area contributed by atoms with Crippen LogP contribution in [0, 0.1) is 11.8 Å². The number of ether oxygens (including phenoxy) is 4. The zero-order valence-corrected chi connectivity index (χ0v) is 20.8. The molecule has 8 nitrogen and oxygen atoms in total. The van der Waals surface area contributed by atoms with Crippen LogP contribution in [0.1, 0.15) is 52.0 Å². The van der Waals surface area contributed by atoms with Gasteiger partial charge >= 0.3 is 11.9 Å². The van der Waals surface area contributed by atoms with E-state index >= 15 is 0 Å².